The monoisotopic (exact) mass is 658 g/mol. The number of halogens is 2. The van der Waals surface area contributed by atoms with Crippen LogP contribution >= 0.6 is 23.2 Å². The van der Waals surface area contributed by atoms with E-state index in [-0.39, 0.29) is 17.5 Å². The minimum Gasteiger partial charge on any atom is -0.494 e. The summed E-state index contributed by atoms with van der Waals surface area (Å²) in [6.45, 7) is 10.8. The van der Waals surface area contributed by atoms with Gasteiger partial charge in [-0.3, -0.25) is 9.48 Å². The van der Waals surface area contributed by atoms with Gasteiger partial charge in [0.1, 0.15) is 11.4 Å². The van der Waals surface area contributed by atoms with Gasteiger partial charge in [0.05, 0.1) is 34.4 Å². The van der Waals surface area contributed by atoms with E-state index in [2.05, 4.69) is 9.67 Å². The van der Waals surface area contributed by atoms with Crippen LogP contribution in [0.15, 0.2) is 48.5 Å². The number of anilines is 1. The second-order valence-corrected chi connectivity index (χ2v) is 12.9. The molecule has 1 amide bonds. The van der Waals surface area contributed by atoms with Crippen molar-refractivity contribution >= 4 is 51.7 Å². The summed E-state index contributed by atoms with van der Waals surface area (Å²) in [6.07, 6.45) is 1.24. The van der Waals surface area contributed by atoms with Gasteiger partial charge in [0, 0.05) is 46.5 Å². The van der Waals surface area contributed by atoms with Crippen LogP contribution in [0.5, 0.6) is 5.75 Å². The third-order valence-corrected chi connectivity index (χ3v) is 9.88. The van der Waals surface area contributed by atoms with Gasteiger partial charge in [0.15, 0.2) is 0 Å². The van der Waals surface area contributed by atoms with Crippen molar-refractivity contribution in [1.82, 2.24) is 14.3 Å². The number of benzene rings is 3. The molecule has 0 radical (unpaired) electrons. The van der Waals surface area contributed by atoms with E-state index in [4.69, 9.17) is 27.9 Å². The first kappa shape index (κ1) is 31.7. The zero-order chi connectivity index (χ0) is 33.0. The molecule has 5 aromatic rings. The molecule has 1 aliphatic heterocycles. The number of nitrogens with zero attached hydrogens (tertiary/aromatic N) is 4. The van der Waals surface area contributed by atoms with E-state index in [0.29, 0.717) is 42.4 Å². The van der Waals surface area contributed by atoms with Crippen LogP contribution < -0.4 is 9.64 Å². The number of carboxylic acids is 1. The number of carbonyl (C=O) groups excluding carboxylic acids is 1. The van der Waals surface area contributed by atoms with Gasteiger partial charge in [-0.2, -0.15) is 5.10 Å². The third kappa shape index (κ3) is 5.33. The molecule has 238 valence electrons. The predicted molar refractivity (Wildman–Crippen MR) is 183 cm³/mol. The van der Waals surface area contributed by atoms with Gasteiger partial charge in [0.2, 0.25) is 0 Å². The Morgan fingerprint density at radius 2 is 1.76 bits per heavy atom. The van der Waals surface area contributed by atoms with Gasteiger partial charge >= 0.3 is 5.97 Å². The molecule has 0 unspecified atom stereocenters. The van der Waals surface area contributed by atoms with E-state index in [1.165, 1.54) is 6.07 Å². The summed E-state index contributed by atoms with van der Waals surface area (Å²) in [5.41, 5.74) is 8.65. The van der Waals surface area contributed by atoms with E-state index < -0.39 is 5.97 Å². The summed E-state index contributed by atoms with van der Waals surface area (Å²) >= 11 is 13.3. The molecular weight excluding hydrogens is 623 g/mol. The lowest BCUT2D eigenvalue weighted by Crippen LogP contribution is -2.47. The summed E-state index contributed by atoms with van der Waals surface area (Å²) in [5.74, 6) is -0.463. The number of carboxylic acid groups (broad SMARTS) is 1. The SMILES string of the molecule is Cc1cc(OCCCc2c3n(c4c(-c5c(C)nn(C)c5C)c(Cl)ccc24)C[C@@H](C)N(c2cccc(C(=O)O)c2)C3=O)cc(C)c1Cl. The lowest BCUT2D eigenvalue weighted by atomic mass is 9.98. The highest BCUT2D eigenvalue weighted by atomic mass is 35.5. The van der Waals surface area contributed by atoms with Crippen LogP contribution in [0, 0.1) is 27.7 Å². The van der Waals surface area contributed by atoms with Gasteiger partial charge in [-0.15, -0.1) is 0 Å². The maximum absolute atomic E-state index is 14.6. The van der Waals surface area contributed by atoms with E-state index in [1.807, 2.05) is 70.6 Å². The van der Waals surface area contributed by atoms with E-state index in [0.717, 1.165) is 60.9 Å². The maximum Gasteiger partial charge on any atom is 0.335 e. The van der Waals surface area contributed by atoms with Gasteiger partial charge in [-0.05, 0) is 101 Å². The molecule has 0 saturated heterocycles. The zero-order valence-electron chi connectivity index (χ0n) is 26.7. The summed E-state index contributed by atoms with van der Waals surface area (Å²) in [5, 5.41) is 16.6. The highest BCUT2D eigenvalue weighted by Crippen LogP contribution is 2.44. The molecule has 1 atom stereocenters. The van der Waals surface area contributed by atoms with E-state index in [1.54, 1.807) is 23.1 Å². The lowest BCUT2D eigenvalue weighted by Gasteiger charge is -2.35. The topological polar surface area (TPSA) is 89.6 Å². The average Bonchev–Trinajstić information content (AvgIpc) is 3.45. The van der Waals surface area contributed by atoms with Crippen LogP contribution in [0.2, 0.25) is 10.0 Å². The second-order valence-electron chi connectivity index (χ2n) is 12.1. The molecule has 3 aromatic carbocycles. The number of fused-ring (bicyclic) bond motifs is 3. The molecule has 46 heavy (non-hydrogen) atoms. The fraction of sp³-hybridized carbons (Fsp3) is 0.306. The van der Waals surface area contributed by atoms with Crippen molar-refractivity contribution in [1.29, 1.82) is 0 Å². The number of carbonyl (C=O) groups is 2. The Morgan fingerprint density at radius 3 is 2.41 bits per heavy atom. The standard InChI is InChI=1S/C36H36Cl2N4O4/c1-19-15-26(16-20(2)32(19)38)46-14-8-11-27-28-12-13-29(37)31(30-22(4)39-40(6)23(30)5)33(28)41-18-21(3)42(35(43)34(27)41)25-10-7-9-24(17-25)36(44)45/h7,9-10,12-13,15-17,21H,8,11,14,18H2,1-6H3,(H,44,45)/t21-/m1/s1. The minimum absolute atomic E-state index is 0.130. The number of hydrogen-bond donors (Lipinski definition) is 1. The molecule has 8 nitrogen and oxygen atoms in total. The van der Waals surface area contributed by atoms with Crippen LogP contribution in [-0.4, -0.2) is 44.0 Å². The Morgan fingerprint density at radius 1 is 1.04 bits per heavy atom. The van der Waals surface area contributed by atoms with Crippen molar-refractivity contribution in [3.8, 4) is 16.9 Å². The minimum atomic E-state index is -1.04. The molecule has 0 spiro atoms. The van der Waals surface area contributed by atoms with E-state index >= 15 is 0 Å². The highest BCUT2D eigenvalue weighted by molar-refractivity contribution is 6.35. The van der Waals surface area contributed by atoms with Crippen LogP contribution in [0.25, 0.3) is 22.0 Å². The van der Waals surface area contributed by atoms with E-state index in [9.17, 15) is 14.7 Å². The summed E-state index contributed by atoms with van der Waals surface area (Å²) < 4.78 is 10.1. The predicted octanol–water partition coefficient (Wildman–Crippen LogP) is 8.34. The number of aryl methyl sites for hydroxylation is 5. The first-order valence-electron chi connectivity index (χ1n) is 15.3. The zero-order valence-corrected chi connectivity index (χ0v) is 28.3. The number of aromatic carboxylic acids is 1. The Balaban J connectivity index is 1.47. The van der Waals surface area contributed by atoms with Crippen molar-refractivity contribution in [2.45, 2.75) is 60.0 Å². The summed E-state index contributed by atoms with van der Waals surface area (Å²) in [4.78, 5) is 28.1. The lowest BCUT2D eigenvalue weighted by molar-refractivity contribution is 0.0696. The van der Waals surface area contributed by atoms with Gasteiger partial charge in [0.25, 0.3) is 5.91 Å². The quantitative estimate of drug-likeness (QED) is 0.169. The number of amides is 1. The fourth-order valence-corrected chi connectivity index (χ4v) is 7.15. The number of ether oxygens (including phenoxy) is 1. The first-order valence-corrected chi connectivity index (χ1v) is 16.0. The molecule has 0 bridgehead atoms. The molecule has 6 rings (SSSR count). The Hall–Kier alpha value is -4.27. The van der Waals surface area contributed by atoms with Crippen LogP contribution in [-0.2, 0) is 20.0 Å². The second kappa shape index (κ2) is 12.2. The van der Waals surface area contributed by atoms with Crippen molar-refractivity contribution in [3.63, 3.8) is 0 Å². The van der Waals surface area contributed by atoms with Crippen molar-refractivity contribution in [2.24, 2.45) is 7.05 Å². The number of rotatable bonds is 8. The van der Waals surface area contributed by atoms with Gasteiger partial charge < -0.3 is 19.3 Å². The van der Waals surface area contributed by atoms with Crippen LogP contribution in [0.3, 0.4) is 0 Å². The Labute approximate surface area is 278 Å². The molecule has 10 heteroatoms. The molecule has 1 N–H and O–H groups in total. The van der Waals surface area contributed by atoms with Crippen LogP contribution in [0.1, 0.15) is 62.3 Å². The molecule has 2 aromatic heterocycles. The van der Waals surface area contributed by atoms with Crippen LogP contribution in [0.4, 0.5) is 5.69 Å². The molecule has 0 aliphatic carbocycles. The molecule has 3 heterocycles. The summed E-state index contributed by atoms with van der Waals surface area (Å²) in [6, 6.07) is 14.1. The molecule has 1 aliphatic rings. The van der Waals surface area contributed by atoms with Crippen molar-refractivity contribution in [3.05, 3.63) is 97.9 Å². The third-order valence-electron chi connectivity index (χ3n) is 8.97. The maximum atomic E-state index is 14.6. The van der Waals surface area contributed by atoms with Crippen molar-refractivity contribution < 1.29 is 19.4 Å². The normalized spacial score (nSPS) is 14.7. The highest BCUT2D eigenvalue weighted by Gasteiger charge is 2.37. The molecule has 0 fully saturated rings. The van der Waals surface area contributed by atoms with Gasteiger partial charge in [-0.25, -0.2) is 4.79 Å². The smallest absolute Gasteiger partial charge is 0.335 e. The molecular formula is C36H36Cl2N4O4. The fourth-order valence-electron chi connectivity index (χ4n) is 6.80. The number of hydrogen-bond acceptors (Lipinski definition) is 4. The summed E-state index contributed by atoms with van der Waals surface area (Å²) in [7, 11) is 1.91. The average molecular weight is 660 g/mol. The Bertz CT molecular complexity index is 2020. The van der Waals surface area contributed by atoms with Crippen molar-refractivity contribution in [2.75, 3.05) is 11.5 Å². The first-order chi connectivity index (χ1) is 21.9. The van der Waals surface area contributed by atoms with Gasteiger partial charge in [-0.1, -0.05) is 35.3 Å². The number of aromatic nitrogens is 3. The molecule has 0 saturated carbocycles. The Kier molecular flexibility index (Phi) is 8.38. The largest absolute Gasteiger partial charge is 0.494 e.